The lowest BCUT2D eigenvalue weighted by Crippen LogP contribution is -2.26. The van der Waals surface area contributed by atoms with Crippen LogP contribution in [-0.4, -0.2) is 22.8 Å². The topological polar surface area (TPSA) is 73.2 Å². The summed E-state index contributed by atoms with van der Waals surface area (Å²) in [4.78, 5) is 24.8. The zero-order valence-electron chi connectivity index (χ0n) is 14.5. The van der Waals surface area contributed by atoms with Gasteiger partial charge in [0.2, 0.25) is 5.43 Å². The van der Waals surface area contributed by atoms with E-state index in [4.69, 9.17) is 27.9 Å². The van der Waals surface area contributed by atoms with Crippen molar-refractivity contribution in [1.82, 2.24) is 9.78 Å². The SMILES string of the molecule is COc1ccc(NC(=O)c2nn(-c3ccc(Cl)cc3)c(C)cc2=O)cc1Cl. The van der Waals surface area contributed by atoms with Crippen LogP contribution in [0.25, 0.3) is 5.69 Å². The van der Waals surface area contributed by atoms with E-state index in [1.54, 1.807) is 43.3 Å². The van der Waals surface area contributed by atoms with Crippen LogP contribution in [0.15, 0.2) is 53.3 Å². The summed E-state index contributed by atoms with van der Waals surface area (Å²) in [5, 5.41) is 7.75. The summed E-state index contributed by atoms with van der Waals surface area (Å²) in [5.74, 6) is -0.155. The third-order valence-corrected chi connectivity index (χ3v) is 4.35. The third kappa shape index (κ3) is 4.13. The molecule has 0 aliphatic carbocycles. The second-order valence-electron chi connectivity index (χ2n) is 5.69. The van der Waals surface area contributed by atoms with E-state index in [0.29, 0.717) is 32.9 Å². The Hall–Kier alpha value is -2.83. The number of carbonyl (C=O) groups excluding carboxylic acids is 1. The molecule has 0 unspecified atom stereocenters. The molecule has 1 amide bonds. The van der Waals surface area contributed by atoms with Crippen LogP contribution in [0.4, 0.5) is 5.69 Å². The molecule has 0 aliphatic heterocycles. The maximum Gasteiger partial charge on any atom is 0.280 e. The largest absolute Gasteiger partial charge is 0.495 e. The second-order valence-corrected chi connectivity index (χ2v) is 6.53. The van der Waals surface area contributed by atoms with Gasteiger partial charge in [-0.1, -0.05) is 23.2 Å². The summed E-state index contributed by atoms with van der Waals surface area (Å²) in [7, 11) is 1.49. The Morgan fingerprint density at radius 2 is 1.81 bits per heavy atom. The van der Waals surface area contributed by atoms with Gasteiger partial charge < -0.3 is 10.1 Å². The van der Waals surface area contributed by atoms with E-state index < -0.39 is 11.3 Å². The highest BCUT2D eigenvalue weighted by atomic mass is 35.5. The van der Waals surface area contributed by atoms with Gasteiger partial charge in [0.05, 0.1) is 17.8 Å². The maximum absolute atomic E-state index is 12.6. The Balaban J connectivity index is 1.95. The number of benzene rings is 2. The summed E-state index contributed by atoms with van der Waals surface area (Å²) in [6, 6.07) is 13.0. The Morgan fingerprint density at radius 1 is 1.11 bits per heavy atom. The Morgan fingerprint density at radius 3 is 2.44 bits per heavy atom. The van der Waals surface area contributed by atoms with Crippen LogP contribution in [-0.2, 0) is 0 Å². The number of methoxy groups -OCH3 is 1. The van der Waals surface area contributed by atoms with Crippen LogP contribution in [0.5, 0.6) is 5.75 Å². The average Bonchev–Trinajstić information content (AvgIpc) is 2.63. The molecule has 3 aromatic rings. The number of aromatic nitrogens is 2. The smallest absolute Gasteiger partial charge is 0.280 e. The first-order valence-corrected chi connectivity index (χ1v) is 8.66. The fourth-order valence-electron chi connectivity index (χ4n) is 2.48. The summed E-state index contributed by atoms with van der Waals surface area (Å²) in [5.41, 5.74) is 0.979. The van der Waals surface area contributed by atoms with Gasteiger partial charge >= 0.3 is 0 Å². The van der Waals surface area contributed by atoms with E-state index in [9.17, 15) is 9.59 Å². The predicted molar refractivity (Wildman–Crippen MR) is 106 cm³/mol. The van der Waals surface area contributed by atoms with Crippen LogP contribution in [0.2, 0.25) is 10.0 Å². The van der Waals surface area contributed by atoms with Gasteiger partial charge in [0, 0.05) is 22.5 Å². The van der Waals surface area contributed by atoms with Crippen molar-refractivity contribution in [2.75, 3.05) is 12.4 Å². The maximum atomic E-state index is 12.6. The number of rotatable bonds is 4. The first-order chi connectivity index (χ1) is 12.9. The Kier molecular flexibility index (Phi) is 5.48. The van der Waals surface area contributed by atoms with Crippen LogP contribution in [0, 0.1) is 6.92 Å². The molecular weight excluding hydrogens is 389 g/mol. The molecule has 0 radical (unpaired) electrons. The summed E-state index contributed by atoms with van der Waals surface area (Å²) in [6.45, 7) is 1.73. The number of amides is 1. The molecule has 0 saturated heterocycles. The van der Waals surface area contributed by atoms with Crippen molar-refractivity contribution in [3.63, 3.8) is 0 Å². The molecule has 0 saturated carbocycles. The van der Waals surface area contributed by atoms with E-state index in [-0.39, 0.29) is 5.69 Å². The number of nitrogens with one attached hydrogen (secondary N) is 1. The van der Waals surface area contributed by atoms with E-state index in [0.717, 1.165) is 0 Å². The fraction of sp³-hybridized carbons (Fsp3) is 0.105. The van der Waals surface area contributed by atoms with Gasteiger partial charge in [0.25, 0.3) is 5.91 Å². The Labute approximate surface area is 165 Å². The number of hydrogen-bond acceptors (Lipinski definition) is 4. The van der Waals surface area contributed by atoms with Gasteiger partial charge in [0.1, 0.15) is 5.75 Å². The summed E-state index contributed by atoms with van der Waals surface area (Å²) in [6.07, 6.45) is 0. The molecule has 0 fully saturated rings. The molecule has 3 rings (SSSR count). The van der Waals surface area contributed by atoms with Crippen LogP contribution < -0.4 is 15.5 Å². The van der Waals surface area contributed by atoms with Crippen LogP contribution >= 0.6 is 23.2 Å². The molecule has 138 valence electrons. The standard InChI is InChI=1S/C19H15Cl2N3O3/c1-11-9-16(25)18(23-24(11)14-6-3-12(20)4-7-14)19(26)22-13-5-8-17(27-2)15(21)10-13/h3-10H,1-2H3,(H,22,26). The second kappa shape index (κ2) is 7.82. The molecule has 1 N–H and O–H groups in total. The van der Waals surface area contributed by atoms with Gasteiger partial charge in [-0.3, -0.25) is 9.59 Å². The number of anilines is 1. The molecule has 1 aromatic heterocycles. The minimum atomic E-state index is -0.635. The summed E-state index contributed by atoms with van der Waals surface area (Å²) >= 11 is 12.0. The number of halogens is 2. The monoisotopic (exact) mass is 403 g/mol. The van der Waals surface area contributed by atoms with Gasteiger partial charge in [0.15, 0.2) is 5.69 Å². The van der Waals surface area contributed by atoms with Crippen molar-refractivity contribution in [3.8, 4) is 11.4 Å². The van der Waals surface area contributed by atoms with Gasteiger partial charge in [-0.15, -0.1) is 0 Å². The lowest BCUT2D eigenvalue weighted by atomic mass is 10.2. The van der Waals surface area contributed by atoms with Crippen molar-refractivity contribution in [3.05, 3.63) is 80.2 Å². The molecule has 0 bridgehead atoms. The number of aryl methyl sites for hydroxylation is 1. The van der Waals surface area contributed by atoms with Crippen molar-refractivity contribution < 1.29 is 9.53 Å². The van der Waals surface area contributed by atoms with Gasteiger partial charge in [-0.25, -0.2) is 4.68 Å². The van der Waals surface area contributed by atoms with Crippen molar-refractivity contribution in [1.29, 1.82) is 0 Å². The number of nitrogens with zero attached hydrogens (tertiary/aromatic N) is 2. The quantitative estimate of drug-likeness (QED) is 0.711. The lowest BCUT2D eigenvalue weighted by molar-refractivity contribution is 0.101. The predicted octanol–water partition coefficient (Wildman–Crippen LogP) is 4.11. The van der Waals surface area contributed by atoms with Gasteiger partial charge in [-0.05, 0) is 49.4 Å². The molecule has 0 aliphatic rings. The van der Waals surface area contributed by atoms with Crippen molar-refractivity contribution >= 4 is 34.8 Å². The van der Waals surface area contributed by atoms with E-state index in [1.165, 1.54) is 23.9 Å². The molecule has 0 atom stereocenters. The molecular formula is C19H15Cl2N3O3. The molecule has 2 aromatic carbocycles. The molecule has 1 heterocycles. The molecule has 6 nitrogen and oxygen atoms in total. The van der Waals surface area contributed by atoms with Gasteiger partial charge in [-0.2, -0.15) is 5.10 Å². The van der Waals surface area contributed by atoms with E-state index in [1.807, 2.05) is 0 Å². The first-order valence-electron chi connectivity index (χ1n) is 7.91. The third-order valence-electron chi connectivity index (χ3n) is 3.80. The highest BCUT2D eigenvalue weighted by Crippen LogP contribution is 2.27. The van der Waals surface area contributed by atoms with Crippen LogP contribution in [0.1, 0.15) is 16.2 Å². The van der Waals surface area contributed by atoms with E-state index >= 15 is 0 Å². The normalized spacial score (nSPS) is 10.5. The van der Waals surface area contributed by atoms with Crippen LogP contribution in [0.3, 0.4) is 0 Å². The zero-order valence-corrected chi connectivity index (χ0v) is 16.0. The minimum Gasteiger partial charge on any atom is -0.495 e. The molecule has 0 spiro atoms. The molecule has 27 heavy (non-hydrogen) atoms. The average molecular weight is 404 g/mol. The summed E-state index contributed by atoms with van der Waals surface area (Å²) < 4.78 is 6.58. The highest BCUT2D eigenvalue weighted by Gasteiger charge is 2.16. The fourth-order valence-corrected chi connectivity index (χ4v) is 2.87. The highest BCUT2D eigenvalue weighted by molar-refractivity contribution is 6.32. The number of carbonyl (C=O) groups is 1. The molecule has 8 heteroatoms. The first kappa shape index (κ1) is 18.9. The Bertz CT molecular complexity index is 1060. The number of ether oxygens (including phenoxy) is 1. The van der Waals surface area contributed by atoms with Crippen molar-refractivity contribution in [2.45, 2.75) is 6.92 Å². The van der Waals surface area contributed by atoms with Crippen molar-refractivity contribution in [2.24, 2.45) is 0 Å². The minimum absolute atomic E-state index is 0.234. The number of hydrogen-bond donors (Lipinski definition) is 1. The lowest BCUT2D eigenvalue weighted by Gasteiger charge is -2.12. The zero-order chi connectivity index (χ0) is 19.6. The van der Waals surface area contributed by atoms with E-state index in [2.05, 4.69) is 10.4 Å².